The number of likely N-dealkylation sites (N-methyl/N-ethyl adjacent to an activating group) is 1. The van der Waals surface area contributed by atoms with E-state index in [1.165, 1.54) is 5.56 Å². The Hall–Kier alpha value is -2.53. The van der Waals surface area contributed by atoms with Crippen LogP contribution in [0.2, 0.25) is 0 Å². The predicted octanol–water partition coefficient (Wildman–Crippen LogP) is 4.32. The summed E-state index contributed by atoms with van der Waals surface area (Å²) in [6.07, 6.45) is 1.80. The summed E-state index contributed by atoms with van der Waals surface area (Å²) in [5, 5.41) is 0. The first-order chi connectivity index (χ1) is 13.5. The number of nitrogens with zero attached hydrogens (tertiary/aromatic N) is 2. The highest BCUT2D eigenvalue weighted by Gasteiger charge is 2.36. The maximum Gasteiger partial charge on any atom is 0.410 e. The van der Waals surface area contributed by atoms with Gasteiger partial charge in [-0.2, -0.15) is 0 Å². The number of amides is 1. The van der Waals surface area contributed by atoms with Gasteiger partial charge in [0, 0.05) is 25.2 Å². The van der Waals surface area contributed by atoms with E-state index in [0.717, 1.165) is 37.2 Å². The molecule has 0 spiro atoms. The topological polar surface area (TPSA) is 42.0 Å². The van der Waals surface area contributed by atoms with E-state index in [2.05, 4.69) is 31.0 Å². The maximum absolute atomic E-state index is 12.6. The number of rotatable bonds is 6. The second-order valence-corrected chi connectivity index (χ2v) is 7.77. The Kier molecular flexibility index (Phi) is 6.57. The van der Waals surface area contributed by atoms with E-state index >= 15 is 0 Å². The number of benzene rings is 2. The summed E-state index contributed by atoms with van der Waals surface area (Å²) in [4.78, 5) is 16.8. The lowest BCUT2D eigenvalue weighted by Gasteiger charge is -2.45. The van der Waals surface area contributed by atoms with Crippen molar-refractivity contribution in [2.45, 2.75) is 38.5 Å². The van der Waals surface area contributed by atoms with Crippen LogP contribution >= 0.6 is 0 Å². The molecule has 5 heteroatoms. The van der Waals surface area contributed by atoms with Crippen molar-refractivity contribution in [2.24, 2.45) is 0 Å². The molecular formula is C23H30N2O3. The molecule has 0 aliphatic carbocycles. The van der Waals surface area contributed by atoms with Crippen LogP contribution in [0.15, 0.2) is 54.6 Å². The Morgan fingerprint density at radius 2 is 1.82 bits per heavy atom. The average molecular weight is 383 g/mol. The van der Waals surface area contributed by atoms with Gasteiger partial charge in [-0.3, -0.25) is 4.90 Å². The van der Waals surface area contributed by atoms with Crippen molar-refractivity contribution in [1.82, 2.24) is 9.80 Å². The number of hydrogen-bond acceptors (Lipinski definition) is 4. The molecule has 1 atom stereocenters. The summed E-state index contributed by atoms with van der Waals surface area (Å²) in [7, 11) is 3.80. The van der Waals surface area contributed by atoms with E-state index in [4.69, 9.17) is 9.47 Å². The minimum Gasteiger partial charge on any atom is -0.497 e. The number of carbonyl (C=O) groups is 1. The molecule has 2 aromatic rings. The lowest BCUT2D eigenvalue weighted by molar-refractivity contribution is 0.0245. The molecule has 28 heavy (non-hydrogen) atoms. The van der Waals surface area contributed by atoms with Gasteiger partial charge in [-0.05, 0) is 50.1 Å². The van der Waals surface area contributed by atoms with E-state index in [9.17, 15) is 4.79 Å². The Balaban J connectivity index is 1.57. The van der Waals surface area contributed by atoms with Crippen LogP contribution in [0.3, 0.4) is 0 Å². The smallest absolute Gasteiger partial charge is 0.410 e. The number of likely N-dealkylation sites (tertiary alicyclic amines) is 1. The van der Waals surface area contributed by atoms with Gasteiger partial charge in [-0.1, -0.05) is 42.5 Å². The Labute approximate surface area is 167 Å². The number of piperidine rings is 1. The highest BCUT2D eigenvalue weighted by molar-refractivity contribution is 5.68. The van der Waals surface area contributed by atoms with Crippen molar-refractivity contribution in [3.63, 3.8) is 0 Å². The fraction of sp³-hybridized carbons (Fsp3) is 0.435. The lowest BCUT2D eigenvalue weighted by atomic mass is 9.89. The molecule has 2 aromatic carbocycles. The first-order valence-corrected chi connectivity index (χ1v) is 9.80. The van der Waals surface area contributed by atoms with Gasteiger partial charge in [-0.15, -0.1) is 0 Å². The number of methoxy groups -OCH3 is 1. The highest BCUT2D eigenvalue weighted by atomic mass is 16.6. The number of carbonyl (C=O) groups excluding carboxylic acids is 1. The molecule has 1 aliphatic heterocycles. The van der Waals surface area contributed by atoms with E-state index in [1.54, 1.807) is 7.11 Å². The van der Waals surface area contributed by atoms with Gasteiger partial charge in [-0.25, -0.2) is 4.79 Å². The van der Waals surface area contributed by atoms with E-state index in [0.29, 0.717) is 13.2 Å². The summed E-state index contributed by atoms with van der Waals surface area (Å²) in [5.41, 5.74) is 2.16. The van der Waals surface area contributed by atoms with Gasteiger partial charge >= 0.3 is 6.09 Å². The van der Waals surface area contributed by atoms with Crippen LogP contribution < -0.4 is 4.74 Å². The second kappa shape index (κ2) is 9.11. The SMILES string of the molecule is COc1ccc(CN(C)[C@]2(C)CCCN(C(=O)OCc3ccccc3)C2)cc1. The van der Waals surface area contributed by atoms with Crippen LogP contribution in [0.1, 0.15) is 30.9 Å². The van der Waals surface area contributed by atoms with E-state index in [1.807, 2.05) is 47.4 Å². The molecule has 0 saturated carbocycles. The molecule has 0 unspecified atom stereocenters. The molecule has 1 amide bonds. The van der Waals surface area contributed by atoms with Gasteiger partial charge in [0.25, 0.3) is 0 Å². The molecule has 5 nitrogen and oxygen atoms in total. The molecule has 1 saturated heterocycles. The van der Waals surface area contributed by atoms with Crippen molar-refractivity contribution < 1.29 is 14.3 Å². The van der Waals surface area contributed by atoms with Crippen LogP contribution in [0.5, 0.6) is 5.75 Å². The Morgan fingerprint density at radius 3 is 2.50 bits per heavy atom. The quantitative estimate of drug-likeness (QED) is 0.746. The minimum atomic E-state index is -0.229. The van der Waals surface area contributed by atoms with Crippen molar-refractivity contribution in [2.75, 3.05) is 27.2 Å². The monoisotopic (exact) mass is 382 g/mol. The average Bonchev–Trinajstić information content (AvgIpc) is 2.73. The largest absolute Gasteiger partial charge is 0.497 e. The Bertz CT molecular complexity index is 763. The summed E-state index contributed by atoms with van der Waals surface area (Å²) in [5.74, 6) is 0.864. The molecule has 0 radical (unpaired) electrons. The molecule has 1 heterocycles. The second-order valence-electron chi connectivity index (χ2n) is 7.77. The van der Waals surface area contributed by atoms with Gasteiger partial charge in [0.1, 0.15) is 12.4 Å². The van der Waals surface area contributed by atoms with Crippen LogP contribution in [-0.4, -0.2) is 48.7 Å². The minimum absolute atomic E-state index is 0.0794. The van der Waals surface area contributed by atoms with Crippen molar-refractivity contribution in [3.05, 3.63) is 65.7 Å². The first-order valence-electron chi connectivity index (χ1n) is 9.80. The standard InChI is InChI=1S/C23H30N2O3/c1-23(24(2)16-19-10-12-21(27-3)13-11-19)14-7-15-25(18-23)22(26)28-17-20-8-5-4-6-9-20/h4-6,8-13H,7,14-18H2,1-3H3/t23-/m1/s1. The third-order valence-electron chi connectivity index (χ3n) is 5.64. The van der Waals surface area contributed by atoms with Gasteiger partial charge < -0.3 is 14.4 Å². The van der Waals surface area contributed by atoms with Crippen LogP contribution in [-0.2, 0) is 17.9 Å². The zero-order valence-electron chi connectivity index (χ0n) is 17.1. The van der Waals surface area contributed by atoms with Crippen molar-refractivity contribution >= 4 is 6.09 Å². The van der Waals surface area contributed by atoms with Gasteiger partial charge in [0.05, 0.1) is 7.11 Å². The van der Waals surface area contributed by atoms with Crippen LogP contribution in [0, 0.1) is 0 Å². The normalized spacial score (nSPS) is 19.5. The van der Waals surface area contributed by atoms with Crippen molar-refractivity contribution in [3.8, 4) is 5.75 Å². The summed E-state index contributed by atoms with van der Waals surface area (Å²) in [6, 6.07) is 18.0. The third kappa shape index (κ3) is 5.04. The molecule has 3 rings (SSSR count). The molecule has 150 valence electrons. The molecule has 0 aromatic heterocycles. The van der Waals surface area contributed by atoms with Crippen LogP contribution in [0.25, 0.3) is 0 Å². The van der Waals surface area contributed by atoms with Crippen LogP contribution in [0.4, 0.5) is 4.79 Å². The zero-order valence-corrected chi connectivity index (χ0v) is 17.1. The maximum atomic E-state index is 12.6. The lowest BCUT2D eigenvalue weighted by Crippen LogP contribution is -2.56. The predicted molar refractivity (Wildman–Crippen MR) is 110 cm³/mol. The van der Waals surface area contributed by atoms with Gasteiger partial charge in [0.15, 0.2) is 0 Å². The molecule has 0 bridgehead atoms. The molecule has 1 aliphatic rings. The summed E-state index contributed by atoms with van der Waals surface area (Å²) < 4.78 is 10.8. The first kappa shape index (κ1) is 20.2. The number of hydrogen-bond donors (Lipinski definition) is 0. The van der Waals surface area contributed by atoms with E-state index < -0.39 is 0 Å². The summed E-state index contributed by atoms with van der Waals surface area (Å²) >= 11 is 0. The highest BCUT2D eigenvalue weighted by Crippen LogP contribution is 2.28. The third-order valence-corrected chi connectivity index (χ3v) is 5.64. The fourth-order valence-corrected chi connectivity index (χ4v) is 3.69. The molecular weight excluding hydrogens is 352 g/mol. The van der Waals surface area contributed by atoms with Gasteiger partial charge in [0.2, 0.25) is 0 Å². The zero-order chi connectivity index (χ0) is 20.0. The Morgan fingerprint density at radius 1 is 1.11 bits per heavy atom. The van der Waals surface area contributed by atoms with E-state index in [-0.39, 0.29) is 11.6 Å². The van der Waals surface area contributed by atoms with Crippen molar-refractivity contribution in [1.29, 1.82) is 0 Å². The fourth-order valence-electron chi connectivity index (χ4n) is 3.69. The molecule has 1 fully saturated rings. The molecule has 0 N–H and O–H groups in total. The number of ether oxygens (including phenoxy) is 2. The summed E-state index contributed by atoms with van der Waals surface area (Å²) in [6.45, 7) is 4.79.